The molecule has 10 heteroatoms. The molecule has 2 atom stereocenters. The van der Waals surface area contributed by atoms with Crippen LogP contribution in [0.5, 0.6) is 0 Å². The van der Waals surface area contributed by atoms with Gasteiger partial charge in [-0.15, -0.1) is 0 Å². The number of ether oxygens (including phenoxy) is 1. The monoisotopic (exact) mass is 560 g/mol. The van der Waals surface area contributed by atoms with Gasteiger partial charge in [0.05, 0.1) is 40.5 Å². The summed E-state index contributed by atoms with van der Waals surface area (Å²) in [5.74, 6) is -0.444. The molecule has 3 heterocycles. The van der Waals surface area contributed by atoms with E-state index in [1.807, 2.05) is 0 Å². The molecule has 1 fully saturated rings. The summed E-state index contributed by atoms with van der Waals surface area (Å²) in [7, 11) is -3.26. The minimum absolute atomic E-state index is 0.0194. The SMILES string of the molecule is CC(C)(O)c1ccc2c(c1)C(=O)N(Cc1ccc(Cl)cn1)[C@@]2(O[C@H]1CCS(=O)(=O)C1)c1ccc(Cl)cc1. The molecule has 1 aromatic heterocycles. The number of carbonyl (C=O) groups excluding carboxylic acids is 1. The highest BCUT2D eigenvalue weighted by Gasteiger charge is 2.54. The topological polar surface area (TPSA) is 96.8 Å². The maximum Gasteiger partial charge on any atom is 0.257 e. The van der Waals surface area contributed by atoms with E-state index in [1.165, 1.54) is 6.20 Å². The molecule has 0 saturated carbocycles. The smallest absolute Gasteiger partial charge is 0.257 e. The molecule has 1 amide bonds. The van der Waals surface area contributed by atoms with Crippen LogP contribution >= 0.6 is 23.2 Å². The van der Waals surface area contributed by atoms with Gasteiger partial charge in [-0.2, -0.15) is 0 Å². The quantitative estimate of drug-likeness (QED) is 0.470. The number of hydrogen-bond acceptors (Lipinski definition) is 6. The van der Waals surface area contributed by atoms with Crippen molar-refractivity contribution in [1.29, 1.82) is 0 Å². The Balaban J connectivity index is 1.73. The number of halogens is 2. The number of rotatable bonds is 6. The molecule has 1 N–H and O–H groups in total. The van der Waals surface area contributed by atoms with E-state index in [9.17, 15) is 18.3 Å². The number of nitrogens with zero attached hydrogens (tertiary/aromatic N) is 2. The number of sulfone groups is 1. The molecule has 194 valence electrons. The standard InChI is InChI=1S/C27H26Cl2N2O5S/c1-26(2,33)18-5-10-24-23(13-18)25(32)31(15-21-9-8-20(29)14-30-21)27(24,17-3-6-19(28)7-4-17)36-22-11-12-37(34,35)16-22/h3-10,13-14,22,33H,11-12,15-16H2,1-2H3/t22-,27+/m0/s1. The van der Waals surface area contributed by atoms with Crippen LogP contribution in [0.3, 0.4) is 0 Å². The summed E-state index contributed by atoms with van der Waals surface area (Å²) in [6, 6.07) is 15.6. The Bertz CT molecular complexity index is 1450. The van der Waals surface area contributed by atoms with Gasteiger partial charge < -0.3 is 9.84 Å². The molecule has 2 aliphatic heterocycles. The second-order valence-corrected chi connectivity index (χ2v) is 13.1. The average molecular weight is 561 g/mol. The predicted octanol–water partition coefficient (Wildman–Crippen LogP) is 4.68. The molecule has 7 nitrogen and oxygen atoms in total. The zero-order valence-corrected chi connectivity index (χ0v) is 22.6. The molecule has 0 aliphatic carbocycles. The zero-order chi connectivity index (χ0) is 26.6. The van der Waals surface area contributed by atoms with Crippen molar-refractivity contribution < 1.29 is 23.1 Å². The van der Waals surface area contributed by atoms with Crippen LogP contribution in [0.1, 0.15) is 53.0 Å². The molecule has 2 aliphatic rings. The Labute approximate surface area is 225 Å². The Morgan fingerprint density at radius 2 is 1.81 bits per heavy atom. The largest absolute Gasteiger partial charge is 0.386 e. The first-order valence-corrected chi connectivity index (χ1v) is 14.4. The average Bonchev–Trinajstić information content (AvgIpc) is 3.29. The van der Waals surface area contributed by atoms with Crippen molar-refractivity contribution in [3.05, 3.63) is 98.8 Å². The van der Waals surface area contributed by atoms with E-state index in [2.05, 4.69) is 4.98 Å². The fraction of sp³-hybridized carbons (Fsp3) is 0.333. The summed E-state index contributed by atoms with van der Waals surface area (Å²) in [6.07, 6.45) is 1.19. The van der Waals surface area contributed by atoms with Gasteiger partial charge in [0.1, 0.15) is 0 Å². The second-order valence-electron chi connectivity index (χ2n) is 9.97. The molecule has 0 unspecified atom stereocenters. The molecule has 1 saturated heterocycles. The molecule has 37 heavy (non-hydrogen) atoms. The van der Waals surface area contributed by atoms with Crippen LogP contribution < -0.4 is 0 Å². The number of benzene rings is 2. The van der Waals surface area contributed by atoms with Crippen molar-refractivity contribution in [2.45, 2.75) is 44.2 Å². The third kappa shape index (κ3) is 4.89. The van der Waals surface area contributed by atoms with Gasteiger partial charge in [-0.3, -0.25) is 14.7 Å². The van der Waals surface area contributed by atoms with Crippen LogP contribution in [-0.4, -0.2) is 46.9 Å². The van der Waals surface area contributed by atoms with Gasteiger partial charge in [-0.25, -0.2) is 8.42 Å². The highest BCUT2D eigenvalue weighted by Crippen LogP contribution is 2.48. The van der Waals surface area contributed by atoms with Crippen LogP contribution in [0.15, 0.2) is 60.8 Å². The van der Waals surface area contributed by atoms with Crippen LogP contribution in [0, 0.1) is 0 Å². The lowest BCUT2D eigenvalue weighted by molar-refractivity contribution is -0.140. The van der Waals surface area contributed by atoms with E-state index in [1.54, 1.807) is 73.3 Å². The van der Waals surface area contributed by atoms with Crippen LogP contribution in [0.4, 0.5) is 0 Å². The van der Waals surface area contributed by atoms with Crippen molar-refractivity contribution >= 4 is 38.9 Å². The van der Waals surface area contributed by atoms with E-state index in [0.29, 0.717) is 44.4 Å². The van der Waals surface area contributed by atoms with E-state index >= 15 is 0 Å². The molecule has 2 aromatic carbocycles. The summed E-state index contributed by atoms with van der Waals surface area (Å²) in [5.41, 5.74) is 0.0765. The molecule has 0 radical (unpaired) electrons. The van der Waals surface area contributed by atoms with E-state index in [4.69, 9.17) is 27.9 Å². The summed E-state index contributed by atoms with van der Waals surface area (Å²) < 4.78 is 31.4. The second kappa shape index (κ2) is 9.36. The first-order chi connectivity index (χ1) is 17.4. The number of amides is 1. The molecule has 0 bridgehead atoms. The summed E-state index contributed by atoms with van der Waals surface area (Å²) in [4.78, 5) is 20.0. The lowest BCUT2D eigenvalue weighted by Crippen LogP contribution is -2.48. The van der Waals surface area contributed by atoms with Crippen molar-refractivity contribution in [3.63, 3.8) is 0 Å². The summed E-state index contributed by atoms with van der Waals surface area (Å²) >= 11 is 12.2. The molecular formula is C27H26Cl2N2O5S. The van der Waals surface area contributed by atoms with Crippen molar-refractivity contribution in [2.75, 3.05) is 11.5 Å². The number of aromatic nitrogens is 1. The number of fused-ring (bicyclic) bond motifs is 1. The fourth-order valence-corrected chi connectivity index (χ4v) is 6.78. The lowest BCUT2D eigenvalue weighted by atomic mass is 9.89. The Morgan fingerprint density at radius 1 is 1.11 bits per heavy atom. The van der Waals surface area contributed by atoms with Gasteiger partial charge in [-0.1, -0.05) is 47.5 Å². The molecule has 5 rings (SSSR count). The predicted molar refractivity (Wildman–Crippen MR) is 141 cm³/mol. The maximum atomic E-state index is 14.1. The third-order valence-electron chi connectivity index (χ3n) is 6.82. The van der Waals surface area contributed by atoms with Crippen molar-refractivity contribution in [1.82, 2.24) is 9.88 Å². The van der Waals surface area contributed by atoms with Crippen LogP contribution in [0.25, 0.3) is 0 Å². The number of carbonyl (C=O) groups is 1. The van der Waals surface area contributed by atoms with Crippen molar-refractivity contribution in [3.8, 4) is 0 Å². The molecular weight excluding hydrogens is 535 g/mol. The fourth-order valence-electron chi connectivity index (χ4n) is 4.95. The Morgan fingerprint density at radius 3 is 2.41 bits per heavy atom. The first-order valence-electron chi connectivity index (χ1n) is 11.8. The first kappa shape index (κ1) is 26.1. The van der Waals surface area contributed by atoms with Gasteiger partial charge in [0, 0.05) is 27.9 Å². The summed E-state index contributed by atoms with van der Waals surface area (Å²) in [6.45, 7) is 3.37. The van der Waals surface area contributed by atoms with E-state index in [0.717, 1.165) is 0 Å². The minimum Gasteiger partial charge on any atom is -0.386 e. The highest BCUT2D eigenvalue weighted by molar-refractivity contribution is 7.91. The summed E-state index contributed by atoms with van der Waals surface area (Å²) in [5, 5.41) is 11.6. The van der Waals surface area contributed by atoms with Gasteiger partial charge in [-0.05, 0) is 56.2 Å². The number of aliphatic hydroxyl groups is 1. The van der Waals surface area contributed by atoms with Crippen molar-refractivity contribution in [2.24, 2.45) is 0 Å². The zero-order valence-electron chi connectivity index (χ0n) is 20.3. The Hall–Kier alpha value is -2.49. The van der Waals surface area contributed by atoms with Crippen LogP contribution in [0.2, 0.25) is 10.0 Å². The van der Waals surface area contributed by atoms with E-state index < -0.39 is 27.3 Å². The molecule has 3 aromatic rings. The Kier molecular flexibility index (Phi) is 6.61. The number of pyridine rings is 1. The highest BCUT2D eigenvalue weighted by atomic mass is 35.5. The van der Waals surface area contributed by atoms with Crippen LogP contribution in [-0.2, 0) is 32.4 Å². The minimum atomic E-state index is -3.26. The van der Waals surface area contributed by atoms with Gasteiger partial charge in [0.2, 0.25) is 0 Å². The van der Waals surface area contributed by atoms with E-state index in [-0.39, 0.29) is 24.0 Å². The van der Waals surface area contributed by atoms with Gasteiger partial charge >= 0.3 is 0 Å². The molecule has 0 spiro atoms. The number of hydrogen-bond donors (Lipinski definition) is 1. The lowest BCUT2D eigenvalue weighted by Gasteiger charge is -2.41. The third-order valence-corrected chi connectivity index (χ3v) is 9.03. The van der Waals surface area contributed by atoms with Gasteiger partial charge in [0.25, 0.3) is 5.91 Å². The maximum absolute atomic E-state index is 14.1. The van der Waals surface area contributed by atoms with Gasteiger partial charge in [0.15, 0.2) is 15.6 Å². The normalized spacial score (nSPS) is 22.9.